The number of benzene rings is 1. The fourth-order valence-corrected chi connectivity index (χ4v) is 2.43. The van der Waals surface area contributed by atoms with Crippen LogP contribution in [0.1, 0.15) is 45.1 Å². The monoisotopic (exact) mass is 338 g/mol. The summed E-state index contributed by atoms with van der Waals surface area (Å²) in [4.78, 5) is 25.2. The van der Waals surface area contributed by atoms with E-state index in [4.69, 9.17) is 11.6 Å². The van der Waals surface area contributed by atoms with E-state index in [0.717, 1.165) is 37.8 Å². The topological polar surface area (TPSA) is 49.4 Å². The molecule has 0 fully saturated rings. The van der Waals surface area contributed by atoms with Crippen LogP contribution in [-0.4, -0.2) is 36.3 Å². The summed E-state index contributed by atoms with van der Waals surface area (Å²) in [5, 5.41) is 3.61. The van der Waals surface area contributed by atoms with E-state index < -0.39 is 0 Å². The van der Waals surface area contributed by atoms with Gasteiger partial charge in [-0.15, -0.1) is 0 Å². The highest BCUT2D eigenvalue weighted by Crippen LogP contribution is 2.09. The largest absolute Gasteiger partial charge is 0.356 e. The molecular weight excluding hydrogens is 312 g/mol. The van der Waals surface area contributed by atoms with E-state index in [1.165, 1.54) is 0 Å². The predicted octanol–water partition coefficient (Wildman–Crippen LogP) is 3.43. The molecule has 0 saturated carbocycles. The van der Waals surface area contributed by atoms with Gasteiger partial charge in [0.25, 0.3) is 0 Å². The van der Waals surface area contributed by atoms with Gasteiger partial charge in [0, 0.05) is 38.0 Å². The molecule has 0 aliphatic heterocycles. The zero-order valence-electron chi connectivity index (χ0n) is 14.1. The van der Waals surface area contributed by atoms with Gasteiger partial charge in [-0.2, -0.15) is 0 Å². The average Bonchev–Trinajstić information content (AvgIpc) is 2.52. The van der Waals surface area contributed by atoms with Crippen molar-refractivity contribution >= 4 is 23.4 Å². The Balaban J connectivity index is 2.23. The lowest BCUT2D eigenvalue weighted by Gasteiger charge is -2.20. The quantitative estimate of drug-likeness (QED) is 0.664. The second-order valence-electron chi connectivity index (χ2n) is 5.69. The van der Waals surface area contributed by atoms with Crippen molar-refractivity contribution in [2.24, 2.45) is 0 Å². The van der Waals surface area contributed by atoms with Gasteiger partial charge >= 0.3 is 0 Å². The number of carbonyl (C=O) groups excluding carboxylic acids is 2. The lowest BCUT2D eigenvalue weighted by Crippen LogP contribution is -2.35. The molecule has 0 bridgehead atoms. The van der Waals surface area contributed by atoms with Crippen LogP contribution in [0.4, 0.5) is 0 Å². The number of rotatable bonds is 10. The Kier molecular flexibility index (Phi) is 9.37. The first-order valence-electron chi connectivity index (χ1n) is 8.29. The van der Waals surface area contributed by atoms with Gasteiger partial charge < -0.3 is 10.2 Å². The van der Waals surface area contributed by atoms with Crippen molar-refractivity contribution in [3.8, 4) is 0 Å². The minimum absolute atomic E-state index is 0.0132. The Hall–Kier alpha value is -1.55. The fraction of sp³-hybridized carbons (Fsp3) is 0.556. The minimum atomic E-state index is -0.0132. The second kappa shape index (κ2) is 11.1. The molecule has 5 heteroatoms. The molecular formula is C18H27ClN2O2. The Labute approximate surface area is 144 Å². The highest BCUT2D eigenvalue weighted by Gasteiger charge is 2.10. The first kappa shape index (κ1) is 19.5. The lowest BCUT2D eigenvalue weighted by molar-refractivity contribution is -0.129. The van der Waals surface area contributed by atoms with Crippen LogP contribution in [0.3, 0.4) is 0 Å². The Morgan fingerprint density at radius 1 is 1.13 bits per heavy atom. The van der Waals surface area contributed by atoms with Crippen molar-refractivity contribution in [2.45, 2.75) is 46.0 Å². The number of hydrogen-bond donors (Lipinski definition) is 1. The van der Waals surface area contributed by atoms with Crippen LogP contribution >= 0.6 is 11.6 Å². The SMILES string of the molecule is CCCCCN(CCC(=O)NCCc1ccc(Cl)cc1)C(C)=O. The van der Waals surface area contributed by atoms with Crippen LogP contribution in [-0.2, 0) is 16.0 Å². The third-order valence-electron chi connectivity index (χ3n) is 3.73. The van der Waals surface area contributed by atoms with Crippen LogP contribution in [0, 0.1) is 0 Å². The highest BCUT2D eigenvalue weighted by atomic mass is 35.5. The molecule has 1 rings (SSSR count). The first-order chi connectivity index (χ1) is 11.0. The molecule has 0 spiro atoms. The van der Waals surface area contributed by atoms with E-state index in [0.29, 0.717) is 24.5 Å². The third kappa shape index (κ3) is 8.60. The van der Waals surface area contributed by atoms with Crippen molar-refractivity contribution < 1.29 is 9.59 Å². The average molecular weight is 339 g/mol. The van der Waals surface area contributed by atoms with Gasteiger partial charge in [-0.1, -0.05) is 43.5 Å². The summed E-state index contributed by atoms with van der Waals surface area (Å²) in [6, 6.07) is 7.61. The highest BCUT2D eigenvalue weighted by molar-refractivity contribution is 6.30. The molecule has 0 unspecified atom stereocenters. The molecule has 0 aliphatic rings. The van der Waals surface area contributed by atoms with E-state index in [-0.39, 0.29) is 11.8 Å². The second-order valence-corrected chi connectivity index (χ2v) is 6.13. The zero-order chi connectivity index (χ0) is 17.1. The van der Waals surface area contributed by atoms with Crippen molar-refractivity contribution in [1.82, 2.24) is 10.2 Å². The molecule has 1 aromatic rings. The summed E-state index contributed by atoms with van der Waals surface area (Å²) in [6.07, 6.45) is 4.35. The molecule has 128 valence electrons. The van der Waals surface area contributed by atoms with Crippen molar-refractivity contribution in [1.29, 1.82) is 0 Å². The maximum absolute atomic E-state index is 11.9. The summed E-state index contributed by atoms with van der Waals surface area (Å²) in [5.41, 5.74) is 1.14. The number of carbonyl (C=O) groups is 2. The third-order valence-corrected chi connectivity index (χ3v) is 3.99. The van der Waals surface area contributed by atoms with Gasteiger partial charge in [-0.05, 0) is 30.5 Å². The van der Waals surface area contributed by atoms with Crippen LogP contribution in [0.5, 0.6) is 0 Å². The molecule has 0 aliphatic carbocycles. The van der Waals surface area contributed by atoms with Crippen LogP contribution < -0.4 is 5.32 Å². The van der Waals surface area contributed by atoms with Gasteiger partial charge in [-0.25, -0.2) is 0 Å². The normalized spacial score (nSPS) is 10.4. The standard InChI is InChI=1S/C18H27ClN2O2/c1-3-4-5-13-21(15(2)22)14-11-18(23)20-12-10-16-6-8-17(19)9-7-16/h6-9H,3-5,10-14H2,1-2H3,(H,20,23). The summed E-state index contributed by atoms with van der Waals surface area (Å²) in [7, 11) is 0. The summed E-state index contributed by atoms with van der Waals surface area (Å²) in [5.74, 6) is 0.0239. The molecule has 0 aromatic heterocycles. The van der Waals surface area contributed by atoms with E-state index in [2.05, 4.69) is 12.2 Å². The molecule has 1 aromatic carbocycles. The van der Waals surface area contributed by atoms with Crippen molar-refractivity contribution in [3.05, 3.63) is 34.9 Å². The summed E-state index contributed by atoms with van der Waals surface area (Å²) >= 11 is 5.84. The minimum Gasteiger partial charge on any atom is -0.356 e. The van der Waals surface area contributed by atoms with E-state index in [1.807, 2.05) is 24.3 Å². The van der Waals surface area contributed by atoms with E-state index >= 15 is 0 Å². The van der Waals surface area contributed by atoms with Crippen LogP contribution in [0.2, 0.25) is 5.02 Å². The molecule has 0 radical (unpaired) electrons. The molecule has 0 atom stereocenters. The van der Waals surface area contributed by atoms with E-state index in [1.54, 1.807) is 11.8 Å². The van der Waals surface area contributed by atoms with E-state index in [9.17, 15) is 9.59 Å². The molecule has 1 N–H and O–H groups in total. The van der Waals surface area contributed by atoms with Crippen molar-refractivity contribution in [2.75, 3.05) is 19.6 Å². The maximum Gasteiger partial charge on any atom is 0.221 e. The summed E-state index contributed by atoms with van der Waals surface area (Å²) in [6.45, 7) is 5.51. The number of nitrogens with zero attached hydrogens (tertiary/aromatic N) is 1. The lowest BCUT2D eigenvalue weighted by atomic mass is 10.1. The number of nitrogens with one attached hydrogen (secondary N) is 1. The van der Waals surface area contributed by atoms with Gasteiger partial charge in [-0.3, -0.25) is 9.59 Å². The number of amides is 2. The number of unbranched alkanes of at least 4 members (excludes halogenated alkanes) is 2. The van der Waals surface area contributed by atoms with Gasteiger partial charge in [0.1, 0.15) is 0 Å². The van der Waals surface area contributed by atoms with Crippen LogP contribution in [0.15, 0.2) is 24.3 Å². The predicted molar refractivity (Wildman–Crippen MR) is 94.6 cm³/mol. The molecule has 23 heavy (non-hydrogen) atoms. The molecule has 2 amide bonds. The molecule has 0 heterocycles. The molecule has 0 saturated heterocycles. The van der Waals surface area contributed by atoms with Gasteiger partial charge in [0.05, 0.1) is 0 Å². The molecule has 4 nitrogen and oxygen atoms in total. The van der Waals surface area contributed by atoms with Crippen molar-refractivity contribution in [3.63, 3.8) is 0 Å². The smallest absolute Gasteiger partial charge is 0.221 e. The maximum atomic E-state index is 11.9. The number of halogens is 1. The Bertz CT molecular complexity index is 488. The van der Waals surface area contributed by atoms with Gasteiger partial charge in [0.15, 0.2) is 0 Å². The summed E-state index contributed by atoms with van der Waals surface area (Å²) < 4.78 is 0. The first-order valence-corrected chi connectivity index (χ1v) is 8.67. The Morgan fingerprint density at radius 3 is 2.43 bits per heavy atom. The Morgan fingerprint density at radius 2 is 1.83 bits per heavy atom. The van der Waals surface area contributed by atoms with Gasteiger partial charge in [0.2, 0.25) is 11.8 Å². The zero-order valence-corrected chi connectivity index (χ0v) is 14.9. The number of hydrogen-bond acceptors (Lipinski definition) is 2. The van der Waals surface area contributed by atoms with Crippen LogP contribution in [0.25, 0.3) is 0 Å². The fourth-order valence-electron chi connectivity index (χ4n) is 2.30.